The molecule has 2 aromatic rings. The smallest absolute Gasteiger partial charge is 0.324 e. The highest BCUT2D eigenvalue weighted by Gasteiger charge is 2.34. The van der Waals surface area contributed by atoms with Gasteiger partial charge < -0.3 is 11.1 Å². The van der Waals surface area contributed by atoms with E-state index in [1.165, 1.54) is 16.2 Å². The number of hydrogen-bond donors (Lipinski definition) is 3. The van der Waals surface area contributed by atoms with Crippen LogP contribution in [0.2, 0.25) is 0 Å². The number of amides is 3. The lowest BCUT2D eigenvalue weighted by Gasteiger charge is -2.36. The maximum Gasteiger partial charge on any atom is 0.324 e. The van der Waals surface area contributed by atoms with Gasteiger partial charge in [0, 0.05) is 10.6 Å². The van der Waals surface area contributed by atoms with Crippen molar-refractivity contribution in [1.82, 2.24) is 0 Å². The molecule has 4 N–H and O–H groups in total. The van der Waals surface area contributed by atoms with Crippen LogP contribution in [0, 0.1) is 11.3 Å². The Bertz CT molecular complexity index is 843. The van der Waals surface area contributed by atoms with Crippen molar-refractivity contribution in [3.8, 4) is 0 Å². The minimum atomic E-state index is -0.476. The van der Waals surface area contributed by atoms with E-state index in [-0.39, 0.29) is 11.4 Å². The van der Waals surface area contributed by atoms with E-state index in [0.717, 1.165) is 31.2 Å². The van der Waals surface area contributed by atoms with Crippen molar-refractivity contribution in [2.45, 2.75) is 46.5 Å². The monoisotopic (exact) mass is 385 g/mol. The fourth-order valence-electron chi connectivity index (χ4n) is 3.68. The van der Waals surface area contributed by atoms with Crippen LogP contribution >= 0.6 is 11.3 Å². The number of carbonyl (C=O) groups is 2. The second-order valence-electron chi connectivity index (χ2n) is 7.80. The number of thiophene rings is 1. The third-order valence-electron chi connectivity index (χ3n) is 5.79. The molecule has 5 nitrogen and oxygen atoms in total. The van der Waals surface area contributed by atoms with Crippen LogP contribution in [0.4, 0.5) is 15.5 Å². The van der Waals surface area contributed by atoms with E-state index in [2.05, 4.69) is 31.4 Å². The van der Waals surface area contributed by atoms with Crippen molar-refractivity contribution >= 4 is 34.0 Å². The average molecular weight is 386 g/mol. The molecule has 1 aromatic carbocycles. The van der Waals surface area contributed by atoms with E-state index in [9.17, 15) is 9.59 Å². The average Bonchev–Trinajstić information content (AvgIpc) is 2.99. The third kappa shape index (κ3) is 4.16. The first kappa shape index (κ1) is 19.4. The van der Waals surface area contributed by atoms with Crippen molar-refractivity contribution in [2.24, 2.45) is 17.1 Å². The zero-order valence-corrected chi connectivity index (χ0v) is 16.9. The summed E-state index contributed by atoms with van der Waals surface area (Å²) in [5, 5.41) is 6.17. The lowest BCUT2D eigenvalue weighted by atomic mass is 9.69. The van der Waals surface area contributed by atoms with Crippen molar-refractivity contribution in [3.05, 3.63) is 46.3 Å². The molecule has 0 fully saturated rings. The van der Waals surface area contributed by atoms with Gasteiger partial charge in [-0.1, -0.05) is 45.4 Å². The predicted octanol–water partition coefficient (Wildman–Crippen LogP) is 5.03. The van der Waals surface area contributed by atoms with E-state index in [1.807, 2.05) is 30.3 Å². The molecular weight excluding hydrogens is 358 g/mol. The summed E-state index contributed by atoms with van der Waals surface area (Å²) < 4.78 is 0. The maximum absolute atomic E-state index is 12.4. The van der Waals surface area contributed by atoms with Gasteiger partial charge in [-0.25, -0.2) is 4.79 Å². The van der Waals surface area contributed by atoms with Gasteiger partial charge in [0.1, 0.15) is 5.00 Å². The van der Waals surface area contributed by atoms with Gasteiger partial charge in [-0.15, -0.1) is 11.3 Å². The normalized spacial score (nSPS) is 16.5. The minimum Gasteiger partial charge on any atom is -0.365 e. The highest BCUT2D eigenvalue weighted by molar-refractivity contribution is 7.17. The number of anilines is 2. The second-order valence-corrected chi connectivity index (χ2v) is 8.90. The minimum absolute atomic E-state index is 0.257. The molecule has 3 amide bonds. The molecule has 27 heavy (non-hydrogen) atoms. The van der Waals surface area contributed by atoms with Gasteiger partial charge in [-0.05, 0) is 48.3 Å². The lowest BCUT2D eigenvalue weighted by molar-refractivity contribution is 0.1000. The van der Waals surface area contributed by atoms with Gasteiger partial charge in [0.15, 0.2) is 0 Å². The Morgan fingerprint density at radius 3 is 2.56 bits per heavy atom. The molecule has 1 heterocycles. The van der Waals surface area contributed by atoms with Crippen LogP contribution in [0.25, 0.3) is 0 Å². The molecule has 3 rings (SSSR count). The van der Waals surface area contributed by atoms with Gasteiger partial charge in [-0.3, -0.25) is 10.1 Å². The fourth-order valence-corrected chi connectivity index (χ4v) is 5.01. The number of carbonyl (C=O) groups excluding carboxylic acids is 2. The quantitative estimate of drug-likeness (QED) is 0.674. The van der Waals surface area contributed by atoms with Crippen molar-refractivity contribution in [2.75, 3.05) is 10.6 Å². The summed E-state index contributed by atoms with van der Waals surface area (Å²) in [6, 6.07) is 8.84. The number of benzene rings is 1. The number of fused-ring (bicyclic) bond motifs is 1. The first-order valence-corrected chi connectivity index (χ1v) is 10.2. The molecule has 144 valence electrons. The lowest BCUT2D eigenvalue weighted by Crippen LogP contribution is -2.29. The van der Waals surface area contributed by atoms with Crippen molar-refractivity contribution in [1.29, 1.82) is 0 Å². The summed E-state index contributed by atoms with van der Waals surface area (Å²) in [5.74, 6) is 0.0936. The summed E-state index contributed by atoms with van der Waals surface area (Å²) in [4.78, 5) is 25.6. The zero-order valence-electron chi connectivity index (χ0n) is 16.1. The number of urea groups is 1. The van der Waals surface area contributed by atoms with Gasteiger partial charge in [0.05, 0.1) is 5.56 Å². The number of primary amides is 1. The summed E-state index contributed by atoms with van der Waals surface area (Å²) in [6.07, 6.45) is 3.93. The van der Waals surface area contributed by atoms with Crippen LogP contribution < -0.4 is 16.4 Å². The van der Waals surface area contributed by atoms with Crippen LogP contribution in [-0.4, -0.2) is 11.9 Å². The molecule has 0 aliphatic heterocycles. The second kappa shape index (κ2) is 7.72. The summed E-state index contributed by atoms with van der Waals surface area (Å²) in [6.45, 7) is 6.83. The van der Waals surface area contributed by atoms with Gasteiger partial charge >= 0.3 is 6.03 Å². The Morgan fingerprint density at radius 2 is 1.93 bits per heavy atom. The molecule has 0 saturated heterocycles. The topological polar surface area (TPSA) is 84.2 Å². The molecule has 0 bridgehead atoms. The van der Waals surface area contributed by atoms with Crippen molar-refractivity contribution < 1.29 is 9.59 Å². The van der Waals surface area contributed by atoms with E-state index < -0.39 is 5.91 Å². The summed E-state index contributed by atoms with van der Waals surface area (Å²) in [7, 11) is 0. The standard InChI is InChI=1S/C21H27N3O2S/c1-4-21(2,3)13-10-11-15-16(12-13)27-19(17(15)18(22)25)24-20(26)23-14-8-6-5-7-9-14/h5-9,13H,4,10-12H2,1-3H3,(H2,22,25)(H2,23,24,26)/t13-/m0/s1. The van der Waals surface area contributed by atoms with Crippen LogP contribution in [-0.2, 0) is 12.8 Å². The Hall–Kier alpha value is -2.34. The van der Waals surface area contributed by atoms with Crippen molar-refractivity contribution in [3.63, 3.8) is 0 Å². The Balaban J connectivity index is 1.82. The Kier molecular flexibility index (Phi) is 5.56. The van der Waals surface area contributed by atoms with Crippen LogP contribution in [0.15, 0.2) is 30.3 Å². The Morgan fingerprint density at radius 1 is 1.22 bits per heavy atom. The SMILES string of the molecule is CCC(C)(C)[C@H]1CCc2c(sc(NC(=O)Nc3ccccc3)c2C(N)=O)C1. The molecule has 0 unspecified atom stereocenters. The van der Waals surface area contributed by atoms with E-state index in [1.54, 1.807) is 0 Å². The number of hydrogen-bond acceptors (Lipinski definition) is 3. The fraction of sp³-hybridized carbons (Fsp3) is 0.429. The zero-order chi connectivity index (χ0) is 19.6. The van der Waals surface area contributed by atoms with Gasteiger partial charge in [0.25, 0.3) is 5.91 Å². The summed E-state index contributed by atoms with van der Waals surface area (Å²) in [5.41, 5.74) is 8.10. The van der Waals surface area contributed by atoms with E-state index in [0.29, 0.717) is 22.2 Å². The van der Waals surface area contributed by atoms with Gasteiger partial charge in [0.2, 0.25) is 0 Å². The highest BCUT2D eigenvalue weighted by Crippen LogP contribution is 2.45. The molecule has 1 atom stereocenters. The summed E-state index contributed by atoms with van der Waals surface area (Å²) >= 11 is 1.49. The Labute approximate surface area is 164 Å². The molecule has 0 saturated carbocycles. The van der Waals surface area contributed by atoms with Crippen LogP contribution in [0.1, 0.15) is 54.4 Å². The molecule has 1 aliphatic carbocycles. The molecule has 0 radical (unpaired) electrons. The van der Waals surface area contributed by atoms with Crippen LogP contribution in [0.5, 0.6) is 0 Å². The van der Waals surface area contributed by atoms with Gasteiger partial charge in [-0.2, -0.15) is 0 Å². The van der Waals surface area contributed by atoms with Crippen LogP contribution in [0.3, 0.4) is 0 Å². The first-order chi connectivity index (χ1) is 12.8. The van der Waals surface area contributed by atoms with E-state index in [4.69, 9.17) is 5.73 Å². The molecule has 1 aliphatic rings. The maximum atomic E-state index is 12.4. The highest BCUT2D eigenvalue weighted by atomic mass is 32.1. The first-order valence-electron chi connectivity index (χ1n) is 9.39. The number of rotatable bonds is 5. The molecule has 6 heteroatoms. The number of nitrogens with one attached hydrogen (secondary N) is 2. The third-order valence-corrected chi connectivity index (χ3v) is 6.96. The predicted molar refractivity (Wildman–Crippen MR) is 112 cm³/mol. The number of para-hydroxylation sites is 1. The number of nitrogens with two attached hydrogens (primary N) is 1. The molecular formula is C21H27N3O2S. The molecule has 1 aromatic heterocycles. The molecule has 0 spiro atoms. The largest absolute Gasteiger partial charge is 0.365 e. The van der Waals surface area contributed by atoms with E-state index >= 15 is 0 Å².